The van der Waals surface area contributed by atoms with Gasteiger partial charge in [0.1, 0.15) is 22.4 Å². The fraction of sp³-hybridized carbons (Fsp3) is 0.133. The summed E-state index contributed by atoms with van der Waals surface area (Å²) < 4.78 is 5.10. The molecule has 0 atom stereocenters. The Hall–Kier alpha value is -2.40. The third-order valence-corrected chi connectivity index (χ3v) is 3.10. The monoisotopic (exact) mass is 303 g/mol. The maximum absolute atomic E-state index is 10.8. The number of carbonyl (C=O) groups excluding carboxylic acids is 1. The van der Waals surface area contributed by atoms with E-state index in [1.165, 1.54) is 0 Å². The van der Waals surface area contributed by atoms with Gasteiger partial charge in [-0.05, 0) is 29.8 Å². The Balaban J connectivity index is 2.16. The number of nitrogens with one attached hydrogen (secondary N) is 2. The number of halogens is 1. The number of ether oxygens (including phenoxy) is 1. The summed E-state index contributed by atoms with van der Waals surface area (Å²) in [5, 5.41) is 11.0. The molecule has 1 aromatic heterocycles. The molecule has 0 unspecified atom stereocenters. The predicted molar refractivity (Wildman–Crippen MR) is 82.5 cm³/mol. The van der Waals surface area contributed by atoms with Crippen LogP contribution < -0.4 is 10.1 Å². The van der Waals surface area contributed by atoms with E-state index >= 15 is 0 Å². The molecule has 2 rings (SSSR count). The molecule has 21 heavy (non-hydrogen) atoms. The van der Waals surface area contributed by atoms with Crippen LogP contribution in [0.4, 0.5) is 5.82 Å². The third kappa shape index (κ3) is 3.79. The van der Waals surface area contributed by atoms with Crippen LogP contribution in [-0.2, 0) is 11.3 Å². The zero-order chi connectivity index (χ0) is 15.2. The fourth-order valence-corrected chi connectivity index (χ4v) is 1.93. The minimum Gasteiger partial charge on any atom is -0.497 e. The molecule has 0 aliphatic heterocycles. The first-order valence-corrected chi connectivity index (χ1v) is 6.59. The minimum absolute atomic E-state index is 0.142. The number of rotatable bonds is 6. The van der Waals surface area contributed by atoms with Crippen molar-refractivity contribution in [2.45, 2.75) is 6.54 Å². The highest BCUT2D eigenvalue weighted by Gasteiger charge is 2.09. The number of hydrogen-bond acceptors (Lipinski definition) is 5. The summed E-state index contributed by atoms with van der Waals surface area (Å²) in [6, 6.07) is 10.7. The molecule has 0 spiro atoms. The first-order chi connectivity index (χ1) is 10.1. The summed E-state index contributed by atoms with van der Waals surface area (Å²) in [6.45, 7) is 0.497. The Morgan fingerprint density at radius 3 is 2.67 bits per heavy atom. The van der Waals surface area contributed by atoms with Crippen LogP contribution in [0.15, 0.2) is 36.4 Å². The van der Waals surface area contributed by atoms with Crippen molar-refractivity contribution in [2.75, 3.05) is 12.4 Å². The lowest BCUT2D eigenvalue weighted by Gasteiger charge is -2.10. The normalized spacial score (nSPS) is 10.0. The van der Waals surface area contributed by atoms with Crippen molar-refractivity contribution in [3.8, 4) is 5.75 Å². The Morgan fingerprint density at radius 2 is 2.05 bits per heavy atom. The van der Waals surface area contributed by atoms with Gasteiger partial charge in [-0.1, -0.05) is 23.7 Å². The number of nitrogens with zero attached hydrogens (tertiary/aromatic N) is 1. The van der Waals surface area contributed by atoms with Crippen LogP contribution >= 0.6 is 11.6 Å². The standard InChI is InChI=1S/C15H14ClN3O2/c1-21-11-4-2-10(3-5-11)8-18-15-12(13(17)9-20)6-7-14(16)19-15/h2-7,9,17H,8H2,1H3,(H,18,19). The number of pyridine rings is 1. The molecule has 2 N–H and O–H groups in total. The van der Waals surface area contributed by atoms with Crippen LogP contribution in [0.5, 0.6) is 5.75 Å². The van der Waals surface area contributed by atoms with Crippen LogP contribution in [0.3, 0.4) is 0 Å². The average Bonchev–Trinajstić information content (AvgIpc) is 2.52. The Labute approximate surface area is 127 Å². The van der Waals surface area contributed by atoms with Gasteiger partial charge in [-0.25, -0.2) is 4.98 Å². The van der Waals surface area contributed by atoms with Gasteiger partial charge >= 0.3 is 0 Å². The zero-order valence-corrected chi connectivity index (χ0v) is 12.1. The lowest BCUT2D eigenvalue weighted by atomic mass is 10.1. The summed E-state index contributed by atoms with van der Waals surface area (Å²) in [5.74, 6) is 1.19. The molecule has 6 heteroatoms. The Bertz CT molecular complexity index is 656. The van der Waals surface area contributed by atoms with Gasteiger partial charge in [0.15, 0.2) is 6.29 Å². The summed E-state index contributed by atoms with van der Waals surface area (Å²) >= 11 is 5.86. The molecule has 0 radical (unpaired) electrons. The predicted octanol–water partition coefficient (Wildman–Crippen LogP) is 2.92. The van der Waals surface area contributed by atoms with Crippen LogP contribution in [-0.4, -0.2) is 24.1 Å². The maximum atomic E-state index is 10.8. The van der Waals surface area contributed by atoms with E-state index in [9.17, 15) is 4.79 Å². The van der Waals surface area contributed by atoms with Gasteiger partial charge in [-0.3, -0.25) is 10.2 Å². The van der Waals surface area contributed by atoms with E-state index in [0.717, 1.165) is 11.3 Å². The van der Waals surface area contributed by atoms with Gasteiger partial charge in [0.25, 0.3) is 0 Å². The van der Waals surface area contributed by atoms with Gasteiger partial charge in [0.2, 0.25) is 0 Å². The lowest BCUT2D eigenvalue weighted by molar-refractivity contribution is -0.102. The van der Waals surface area contributed by atoms with Gasteiger partial charge in [0.05, 0.1) is 7.11 Å². The summed E-state index contributed by atoms with van der Waals surface area (Å²) in [6.07, 6.45) is 0.476. The molecule has 0 fully saturated rings. The molecule has 0 aliphatic rings. The van der Waals surface area contributed by atoms with Gasteiger partial charge in [-0.15, -0.1) is 0 Å². The second-order valence-corrected chi connectivity index (χ2v) is 4.65. The van der Waals surface area contributed by atoms with Crippen molar-refractivity contribution >= 4 is 29.4 Å². The van der Waals surface area contributed by atoms with Crippen molar-refractivity contribution in [3.63, 3.8) is 0 Å². The van der Waals surface area contributed by atoms with Gasteiger partial charge in [-0.2, -0.15) is 0 Å². The maximum Gasteiger partial charge on any atom is 0.168 e. The summed E-state index contributed by atoms with van der Waals surface area (Å²) in [7, 11) is 1.61. The number of benzene rings is 1. The number of anilines is 1. The number of aromatic nitrogens is 1. The van der Waals surface area contributed by atoms with Crippen molar-refractivity contribution in [1.29, 1.82) is 5.41 Å². The molecular formula is C15H14ClN3O2. The molecule has 0 amide bonds. The smallest absolute Gasteiger partial charge is 0.168 e. The first-order valence-electron chi connectivity index (χ1n) is 6.21. The van der Waals surface area contributed by atoms with Crippen molar-refractivity contribution in [1.82, 2.24) is 4.98 Å². The Kier molecular flexibility index (Phi) is 4.90. The molecule has 5 nitrogen and oxygen atoms in total. The minimum atomic E-state index is -0.142. The Morgan fingerprint density at radius 1 is 1.33 bits per heavy atom. The molecule has 0 aliphatic carbocycles. The summed E-state index contributed by atoms with van der Waals surface area (Å²) in [4.78, 5) is 14.9. The number of hydrogen-bond donors (Lipinski definition) is 2. The fourth-order valence-electron chi connectivity index (χ4n) is 1.78. The largest absolute Gasteiger partial charge is 0.497 e. The van der Waals surface area contributed by atoms with E-state index in [2.05, 4.69) is 10.3 Å². The molecule has 0 bridgehead atoms. The number of aldehydes is 1. The molecule has 0 saturated carbocycles. The molecular weight excluding hydrogens is 290 g/mol. The van der Waals surface area contributed by atoms with Gasteiger partial charge < -0.3 is 10.1 Å². The highest BCUT2D eigenvalue weighted by Crippen LogP contribution is 2.18. The summed E-state index contributed by atoms with van der Waals surface area (Å²) in [5.41, 5.74) is 1.29. The van der Waals surface area contributed by atoms with Crippen LogP contribution in [0, 0.1) is 5.41 Å². The van der Waals surface area contributed by atoms with Crippen LogP contribution in [0.25, 0.3) is 0 Å². The average molecular weight is 304 g/mol. The quantitative estimate of drug-likeness (QED) is 0.489. The van der Waals surface area contributed by atoms with E-state index in [0.29, 0.717) is 29.4 Å². The second-order valence-electron chi connectivity index (χ2n) is 4.26. The highest BCUT2D eigenvalue weighted by molar-refractivity contribution is 6.36. The van der Waals surface area contributed by atoms with Crippen molar-refractivity contribution in [3.05, 3.63) is 52.7 Å². The van der Waals surface area contributed by atoms with Crippen molar-refractivity contribution < 1.29 is 9.53 Å². The van der Waals surface area contributed by atoms with E-state index in [1.807, 2.05) is 24.3 Å². The van der Waals surface area contributed by atoms with Crippen LogP contribution in [0.2, 0.25) is 5.15 Å². The molecule has 2 aromatic rings. The second kappa shape index (κ2) is 6.85. The van der Waals surface area contributed by atoms with Gasteiger partial charge in [0, 0.05) is 12.1 Å². The third-order valence-electron chi connectivity index (χ3n) is 2.89. The van der Waals surface area contributed by atoms with Crippen molar-refractivity contribution in [2.24, 2.45) is 0 Å². The molecule has 0 saturated heterocycles. The SMILES string of the molecule is COc1ccc(CNc2nc(Cl)ccc2C(=N)C=O)cc1. The molecule has 108 valence electrons. The van der Waals surface area contributed by atoms with E-state index in [4.69, 9.17) is 21.7 Å². The number of carbonyl (C=O) groups is 1. The van der Waals surface area contributed by atoms with E-state index in [1.54, 1.807) is 19.2 Å². The first kappa shape index (κ1) is 15.0. The highest BCUT2D eigenvalue weighted by atomic mass is 35.5. The zero-order valence-electron chi connectivity index (χ0n) is 11.4. The van der Waals surface area contributed by atoms with E-state index in [-0.39, 0.29) is 5.71 Å². The number of methoxy groups -OCH3 is 1. The molecule has 1 heterocycles. The lowest BCUT2D eigenvalue weighted by Crippen LogP contribution is -2.09. The topological polar surface area (TPSA) is 75.1 Å². The van der Waals surface area contributed by atoms with E-state index < -0.39 is 0 Å². The van der Waals surface area contributed by atoms with Crippen LogP contribution in [0.1, 0.15) is 11.1 Å². The molecule has 1 aromatic carbocycles.